The van der Waals surface area contributed by atoms with Gasteiger partial charge in [0.25, 0.3) is 0 Å². The summed E-state index contributed by atoms with van der Waals surface area (Å²) in [5.41, 5.74) is 2.26. The molecular formula is C20H20O2. The second-order valence-electron chi connectivity index (χ2n) is 5.26. The van der Waals surface area contributed by atoms with Gasteiger partial charge in [0.2, 0.25) is 5.79 Å². The summed E-state index contributed by atoms with van der Waals surface area (Å²) in [5, 5.41) is 0. The summed E-state index contributed by atoms with van der Waals surface area (Å²) in [7, 11) is 0. The third-order valence-electron chi connectivity index (χ3n) is 3.56. The van der Waals surface area contributed by atoms with Crippen molar-refractivity contribution in [2.75, 3.05) is 13.2 Å². The SMILES string of the molecule is C(=C\C1(/C=C/c2ccccc2)OCCCO1)/c1ccccc1. The van der Waals surface area contributed by atoms with Crippen molar-refractivity contribution in [3.63, 3.8) is 0 Å². The second kappa shape index (κ2) is 7.21. The average molecular weight is 292 g/mol. The summed E-state index contributed by atoms with van der Waals surface area (Å²) in [6, 6.07) is 20.4. The molecule has 1 aliphatic heterocycles. The van der Waals surface area contributed by atoms with Crippen LogP contribution in [-0.2, 0) is 9.47 Å². The molecule has 2 aromatic carbocycles. The summed E-state index contributed by atoms with van der Waals surface area (Å²) in [6.07, 6.45) is 8.99. The lowest BCUT2D eigenvalue weighted by Gasteiger charge is -2.32. The van der Waals surface area contributed by atoms with E-state index in [1.807, 2.05) is 60.7 Å². The topological polar surface area (TPSA) is 18.5 Å². The van der Waals surface area contributed by atoms with Gasteiger partial charge in [-0.2, -0.15) is 0 Å². The molecule has 0 bridgehead atoms. The minimum Gasteiger partial charge on any atom is -0.343 e. The molecule has 0 spiro atoms. The lowest BCUT2D eigenvalue weighted by molar-refractivity contribution is -0.204. The van der Waals surface area contributed by atoms with Crippen molar-refractivity contribution in [1.82, 2.24) is 0 Å². The Morgan fingerprint density at radius 1 is 0.682 bits per heavy atom. The highest BCUT2D eigenvalue weighted by Gasteiger charge is 2.28. The number of benzene rings is 2. The molecule has 22 heavy (non-hydrogen) atoms. The Hall–Kier alpha value is -2.16. The zero-order valence-corrected chi connectivity index (χ0v) is 12.5. The predicted octanol–water partition coefficient (Wildman–Crippen LogP) is 4.55. The van der Waals surface area contributed by atoms with Crippen LogP contribution in [0.15, 0.2) is 72.8 Å². The molecule has 2 aromatic rings. The van der Waals surface area contributed by atoms with Gasteiger partial charge in [-0.1, -0.05) is 72.8 Å². The molecule has 0 amide bonds. The van der Waals surface area contributed by atoms with Gasteiger partial charge in [-0.05, 0) is 29.7 Å². The number of ether oxygens (including phenoxy) is 2. The quantitative estimate of drug-likeness (QED) is 0.823. The molecule has 1 saturated heterocycles. The zero-order valence-electron chi connectivity index (χ0n) is 12.5. The Morgan fingerprint density at radius 3 is 1.59 bits per heavy atom. The van der Waals surface area contributed by atoms with Gasteiger partial charge in [0, 0.05) is 0 Å². The number of rotatable bonds is 4. The van der Waals surface area contributed by atoms with Crippen molar-refractivity contribution < 1.29 is 9.47 Å². The fourth-order valence-electron chi connectivity index (χ4n) is 2.37. The van der Waals surface area contributed by atoms with Crippen LogP contribution >= 0.6 is 0 Å². The van der Waals surface area contributed by atoms with Crippen molar-refractivity contribution in [2.24, 2.45) is 0 Å². The van der Waals surface area contributed by atoms with E-state index in [1.165, 1.54) is 0 Å². The fourth-order valence-corrected chi connectivity index (χ4v) is 2.37. The zero-order chi connectivity index (χ0) is 15.1. The number of hydrogen-bond donors (Lipinski definition) is 0. The fraction of sp³-hybridized carbons (Fsp3) is 0.200. The minimum absolute atomic E-state index is 0.707. The van der Waals surface area contributed by atoms with Gasteiger partial charge >= 0.3 is 0 Å². The van der Waals surface area contributed by atoms with Crippen LogP contribution in [0.5, 0.6) is 0 Å². The molecule has 1 fully saturated rings. The smallest absolute Gasteiger partial charge is 0.208 e. The van der Waals surface area contributed by atoms with Crippen LogP contribution in [0.1, 0.15) is 17.5 Å². The van der Waals surface area contributed by atoms with Gasteiger partial charge in [0.1, 0.15) is 0 Å². The van der Waals surface area contributed by atoms with Crippen LogP contribution in [0.2, 0.25) is 0 Å². The Bertz CT molecular complexity index is 572. The maximum atomic E-state index is 5.91. The van der Waals surface area contributed by atoms with E-state index in [2.05, 4.69) is 24.3 Å². The highest BCUT2D eigenvalue weighted by Crippen LogP contribution is 2.24. The van der Waals surface area contributed by atoms with Gasteiger partial charge in [-0.15, -0.1) is 0 Å². The van der Waals surface area contributed by atoms with Crippen LogP contribution in [0.3, 0.4) is 0 Å². The normalized spacial score (nSPS) is 18.0. The van der Waals surface area contributed by atoms with E-state index in [-0.39, 0.29) is 0 Å². The molecule has 0 aliphatic carbocycles. The van der Waals surface area contributed by atoms with Gasteiger partial charge in [-0.25, -0.2) is 0 Å². The van der Waals surface area contributed by atoms with E-state index >= 15 is 0 Å². The Labute approximate surface area is 131 Å². The Morgan fingerprint density at radius 2 is 1.14 bits per heavy atom. The maximum Gasteiger partial charge on any atom is 0.208 e. The maximum absolute atomic E-state index is 5.91. The molecular weight excluding hydrogens is 272 g/mol. The van der Waals surface area contributed by atoms with E-state index in [9.17, 15) is 0 Å². The monoisotopic (exact) mass is 292 g/mol. The van der Waals surface area contributed by atoms with Gasteiger partial charge in [0.05, 0.1) is 13.2 Å². The van der Waals surface area contributed by atoms with Gasteiger partial charge in [0.15, 0.2) is 0 Å². The van der Waals surface area contributed by atoms with Gasteiger partial charge < -0.3 is 9.47 Å². The molecule has 0 unspecified atom stereocenters. The van der Waals surface area contributed by atoms with Crippen molar-refractivity contribution in [2.45, 2.75) is 12.2 Å². The molecule has 2 heteroatoms. The number of hydrogen-bond acceptors (Lipinski definition) is 2. The molecule has 3 rings (SSSR count). The van der Waals surface area contributed by atoms with E-state index < -0.39 is 5.79 Å². The molecule has 1 aliphatic rings. The first-order valence-corrected chi connectivity index (χ1v) is 7.63. The first-order valence-electron chi connectivity index (χ1n) is 7.63. The lowest BCUT2D eigenvalue weighted by atomic mass is 10.1. The van der Waals surface area contributed by atoms with Crippen molar-refractivity contribution in [1.29, 1.82) is 0 Å². The summed E-state index contributed by atoms with van der Waals surface area (Å²) in [4.78, 5) is 0. The van der Waals surface area contributed by atoms with Crippen LogP contribution in [-0.4, -0.2) is 19.0 Å². The van der Waals surface area contributed by atoms with Crippen molar-refractivity contribution in [3.8, 4) is 0 Å². The predicted molar refractivity (Wildman–Crippen MR) is 90.2 cm³/mol. The molecule has 0 N–H and O–H groups in total. The molecule has 2 nitrogen and oxygen atoms in total. The second-order valence-corrected chi connectivity index (χ2v) is 5.26. The lowest BCUT2D eigenvalue weighted by Crippen LogP contribution is -2.36. The van der Waals surface area contributed by atoms with Crippen molar-refractivity contribution in [3.05, 3.63) is 83.9 Å². The summed E-state index contributed by atoms with van der Waals surface area (Å²) >= 11 is 0. The van der Waals surface area contributed by atoms with E-state index in [0.717, 1.165) is 17.5 Å². The summed E-state index contributed by atoms with van der Waals surface area (Å²) in [5.74, 6) is -0.774. The first kappa shape index (κ1) is 14.8. The molecule has 112 valence electrons. The van der Waals surface area contributed by atoms with E-state index in [0.29, 0.717) is 13.2 Å². The van der Waals surface area contributed by atoms with Gasteiger partial charge in [-0.3, -0.25) is 0 Å². The van der Waals surface area contributed by atoms with Crippen LogP contribution in [0.25, 0.3) is 12.2 Å². The van der Waals surface area contributed by atoms with Crippen LogP contribution in [0.4, 0.5) is 0 Å². The highest BCUT2D eigenvalue weighted by molar-refractivity contribution is 5.54. The molecule has 1 heterocycles. The molecule has 0 aromatic heterocycles. The molecule has 0 radical (unpaired) electrons. The molecule has 0 atom stereocenters. The summed E-state index contributed by atoms with van der Waals surface area (Å²) in [6.45, 7) is 1.41. The third kappa shape index (κ3) is 3.94. The standard InChI is InChI=1S/C20H20O2/c1-3-8-18(9-4-1)12-14-20(21-16-7-17-22-20)15-13-19-10-5-2-6-11-19/h1-6,8-15H,7,16-17H2/b14-12+,15-13+. The summed E-state index contributed by atoms with van der Waals surface area (Å²) < 4.78 is 11.8. The molecule has 0 saturated carbocycles. The highest BCUT2D eigenvalue weighted by atomic mass is 16.7. The van der Waals surface area contributed by atoms with Crippen LogP contribution in [0, 0.1) is 0 Å². The largest absolute Gasteiger partial charge is 0.343 e. The minimum atomic E-state index is -0.774. The van der Waals surface area contributed by atoms with E-state index in [1.54, 1.807) is 0 Å². The van der Waals surface area contributed by atoms with Crippen molar-refractivity contribution >= 4 is 12.2 Å². The van der Waals surface area contributed by atoms with Crippen LogP contribution < -0.4 is 0 Å². The first-order chi connectivity index (χ1) is 10.9. The average Bonchev–Trinajstić information content (AvgIpc) is 2.61. The third-order valence-corrected chi connectivity index (χ3v) is 3.56. The Balaban J connectivity index is 1.82. The van der Waals surface area contributed by atoms with E-state index in [4.69, 9.17) is 9.47 Å². The Kier molecular flexibility index (Phi) is 4.84.